The van der Waals surface area contributed by atoms with Gasteiger partial charge in [-0.05, 0) is 88.0 Å². The van der Waals surface area contributed by atoms with Crippen molar-refractivity contribution in [1.29, 1.82) is 0 Å². The fourth-order valence-corrected chi connectivity index (χ4v) is 8.60. The van der Waals surface area contributed by atoms with E-state index in [1.807, 2.05) is 12.1 Å². The van der Waals surface area contributed by atoms with Crippen LogP contribution in [-0.4, -0.2) is 4.57 Å². The highest BCUT2D eigenvalue weighted by molar-refractivity contribution is 6.10. The van der Waals surface area contributed by atoms with Crippen LogP contribution in [0.2, 0.25) is 0 Å². The molecular weight excluding hydrogens is 705 g/mol. The minimum absolute atomic E-state index is 0.718. The van der Waals surface area contributed by atoms with Crippen LogP contribution in [0.3, 0.4) is 0 Å². The van der Waals surface area contributed by atoms with Crippen molar-refractivity contribution in [2.45, 2.75) is 6.54 Å². The molecule has 0 spiro atoms. The Morgan fingerprint density at radius 3 is 1.60 bits per heavy atom. The highest BCUT2D eigenvalue weighted by atomic mass is 16.3. The van der Waals surface area contributed by atoms with Gasteiger partial charge >= 0.3 is 0 Å². The minimum Gasteiger partial charge on any atom is -0.455 e. The normalized spacial score (nSPS) is 11.5. The summed E-state index contributed by atoms with van der Waals surface area (Å²) in [7, 11) is 0. The number of aromatic nitrogens is 1. The molecule has 0 aliphatic carbocycles. The Bertz CT molecular complexity index is 3180. The van der Waals surface area contributed by atoms with Crippen LogP contribution >= 0.6 is 0 Å². The monoisotopic (exact) mass is 742 g/mol. The van der Waals surface area contributed by atoms with Gasteiger partial charge in [0.25, 0.3) is 0 Å². The molecule has 0 saturated carbocycles. The van der Waals surface area contributed by atoms with E-state index in [0.717, 1.165) is 56.7 Å². The molecule has 58 heavy (non-hydrogen) atoms. The molecule has 0 atom stereocenters. The first-order valence-electron chi connectivity index (χ1n) is 19.9. The fraction of sp³-hybridized carbons (Fsp3) is 0.0182. The van der Waals surface area contributed by atoms with Crippen LogP contribution < -0.4 is 4.90 Å². The standard InChI is InChI=1S/C55H38N2O/c1-2-12-39(13-3-1)40-26-24-38(25-27-40)37-56(45-34-30-42(31-35-45)47-19-11-20-51-50-18-6-9-23-54(50)58-55(47)51)44-32-28-41(29-33-44)43-14-10-15-46(36-43)57-52-21-7-4-16-48(52)49-17-5-8-22-53(49)57/h1-36H,37H2. The van der Waals surface area contributed by atoms with Crippen molar-refractivity contribution in [1.82, 2.24) is 4.57 Å². The Labute approximate surface area is 337 Å². The van der Waals surface area contributed by atoms with Crippen LogP contribution in [-0.2, 0) is 6.54 Å². The van der Waals surface area contributed by atoms with Gasteiger partial charge in [-0.3, -0.25) is 0 Å². The first-order chi connectivity index (χ1) is 28.7. The number of para-hydroxylation sites is 4. The zero-order chi connectivity index (χ0) is 38.4. The van der Waals surface area contributed by atoms with Gasteiger partial charge in [0.2, 0.25) is 0 Å². The molecular formula is C55H38N2O. The first kappa shape index (κ1) is 33.7. The average molecular weight is 743 g/mol. The SMILES string of the molecule is c1ccc(-c2ccc(CN(c3ccc(-c4cccc(-n5c6ccccc6c6ccccc65)c4)cc3)c3ccc(-c4cccc5c4oc4ccccc45)cc3)cc2)cc1. The Morgan fingerprint density at radius 1 is 0.379 bits per heavy atom. The summed E-state index contributed by atoms with van der Waals surface area (Å²) in [5.74, 6) is 0. The van der Waals surface area contributed by atoms with Gasteiger partial charge in [0, 0.05) is 50.7 Å². The topological polar surface area (TPSA) is 21.3 Å². The van der Waals surface area contributed by atoms with Crippen molar-refractivity contribution in [3.8, 4) is 39.1 Å². The van der Waals surface area contributed by atoms with E-state index in [9.17, 15) is 0 Å². The lowest BCUT2D eigenvalue weighted by Crippen LogP contribution is -2.16. The molecule has 274 valence electrons. The zero-order valence-electron chi connectivity index (χ0n) is 31.8. The molecule has 0 bridgehead atoms. The zero-order valence-corrected chi connectivity index (χ0v) is 31.8. The molecule has 0 radical (unpaired) electrons. The highest BCUT2D eigenvalue weighted by Crippen LogP contribution is 2.38. The highest BCUT2D eigenvalue weighted by Gasteiger charge is 2.16. The van der Waals surface area contributed by atoms with Gasteiger partial charge in [-0.2, -0.15) is 0 Å². The number of rotatable bonds is 8. The lowest BCUT2D eigenvalue weighted by molar-refractivity contribution is 0.670. The molecule has 11 rings (SSSR count). The fourth-order valence-electron chi connectivity index (χ4n) is 8.60. The number of furan rings is 1. The Balaban J connectivity index is 0.950. The van der Waals surface area contributed by atoms with Gasteiger partial charge in [0.1, 0.15) is 11.2 Å². The molecule has 2 heterocycles. The molecule has 0 amide bonds. The van der Waals surface area contributed by atoms with E-state index < -0.39 is 0 Å². The summed E-state index contributed by atoms with van der Waals surface area (Å²) in [6.07, 6.45) is 0. The van der Waals surface area contributed by atoms with Crippen molar-refractivity contribution < 1.29 is 4.42 Å². The van der Waals surface area contributed by atoms with Gasteiger partial charge in [-0.15, -0.1) is 0 Å². The van der Waals surface area contributed by atoms with E-state index >= 15 is 0 Å². The van der Waals surface area contributed by atoms with Crippen molar-refractivity contribution in [2.75, 3.05) is 4.90 Å². The van der Waals surface area contributed by atoms with Gasteiger partial charge in [0.15, 0.2) is 0 Å². The van der Waals surface area contributed by atoms with Crippen LogP contribution in [0.4, 0.5) is 11.4 Å². The van der Waals surface area contributed by atoms with Crippen molar-refractivity contribution in [3.05, 3.63) is 224 Å². The third-order valence-corrected chi connectivity index (χ3v) is 11.5. The predicted octanol–water partition coefficient (Wildman–Crippen LogP) is 15.0. The Hall–Kier alpha value is -7.62. The van der Waals surface area contributed by atoms with Crippen molar-refractivity contribution >= 4 is 55.1 Å². The number of fused-ring (bicyclic) bond motifs is 6. The summed E-state index contributed by atoms with van der Waals surface area (Å²) >= 11 is 0. The quantitative estimate of drug-likeness (QED) is 0.155. The molecule has 0 aliphatic rings. The molecule has 11 aromatic rings. The predicted molar refractivity (Wildman–Crippen MR) is 243 cm³/mol. The minimum atomic E-state index is 0.718. The maximum Gasteiger partial charge on any atom is 0.143 e. The molecule has 0 fully saturated rings. The Kier molecular flexibility index (Phi) is 8.22. The first-order valence-corrected chi connectivity index (χ1v) is 19.9. The second kappa shape index (κ2) is 14.1. The number of nitrogens with zero attached hydrogens (tertiary/aromatic N) is 2. The van der Waals surface area contributed by atoms with E-state index in [2.05, 4.69) is 216 Å². The number of hydrogen-bond donors (Lipinski definition) is 0. The maximum atomic E-state index is 6.41. The van der Waals surface area contributed by atoms with E-state index in [4.69, 9.17) is 4.42 Å². The smallest absolute Gasteiger partial charge is 0.143 e. The lowest BCUT2D eigenvalue weighted by Gasteiger charge is -2.26. The van der Waals surface area contributed by atoms with E-state index in [-0.39, 0.29) is 0 Å². The van der Waals surface area contributed by atoms with E-state index in [1.54, 1.807) is 0 Å². The van der Waals surface area contributed by atoms with E-state index in [0.29, 0.717) is 0 Å². The molecule has 2 aromatic heterocycles. The summed E-state index contributed by atoms with van der Waals surface area (Å²) in [6.45, 7) is 0.718. The summed E-state index contributed by atoms with van der Waals surface area (Å²) in [6, 6.07) is 78.4. The molecule has 3 nitrogen and oxygen atoms in total. The van der Waals surface area contributed by atoms with Crippen LogP contribution in [0, 0.1) is 0 Å². The number of hydrogen-bond acceptors (Lipinski definition) is 2. The van der Waals surface area contributed by atoms with Gasteiger partial charge in [0.05, 0.1) is 11.0 Å². The Morgan fingerprint density at radius 2 is 0.897 bits per heavy atom. The second-order valence-electron chi connectivity index (χ2n) is 14.9. The summed E-state index contributed by atoms with van der Waals surface area (Å²) in [5.41, 5.74) is 15.9. The molecule has 0 N–H and O–H groups in total. The molecule has 0 unspecified atom stereocenters. The molecule has 0 saturated heterocycles. The maximum absolute atomic E-state index is 6.41. The third-order valence-electron chi connectivity index (χ3n) is 11.5. The molecule has 9 aromatic carbocycles. The van der Waals surface area contributed by atoms with Crippen LogP contribution in [0.25, 0.3) is 82.8 Å². The van der Waals surface area contributed by atoms with E-state index in [1.165, 1.54) is 49.6 Å². The van der Waals surface area contributed by atoms with Crippen molar-refractivity contribution in [3.63, 3.8) is 0 Å². The van der Waals surface area contributed by atoms with Crippen molar-refractivity contribution in [2.24, 2.45) is 0 Å². The lowest BCUT2D eigenvalue weighted by atomic mass is 10.0. The summed E-state index contributed by atoms with van der Waals surface area (Å²) in [5, 5.41) is 4.81. The second-order valence-corrected chi connectivity index (χ2v) is 14.9. The number of anilines is 2. The third kappa shape index (κ3) is 5.93. The summed E-state index contributed by atoms with van der Waals surface area (Å²) < 4.78 is 8.79. The molecule has 3 heteroatoms. The van der Waals surface area contributed by atoms with Crippen LogP contribution in [0.15, 0.2) is 223 Å². The number of benzene rings is 9. The largest absolute Gasteiger partial charge is 0.455 e. The van der Waals surface area contributed by atoms with Crippen LogP contribution in [0.5, 0.6) is 0 Å². The van der Waals surface area contributed by atoms with Gasteiger partial charge in [-0.25, -0.2) is 0 Å². The van der Waals surface area contributed by atoms with Crippen LogP contribution in [0.1, 0.15) is 5.56 Å². The summed E-state index contributed by atoms with van der Waals surface area (Å²) in [4.78, 5) is 2.40. The van der Waals surface area contributed by atoms with Gasteiger partial charge < -0.3 is 13.9 Å². The molecule has 0 aliphatic heterocycles. The van der Waals surface area contributed by atoms with Gasteiger partial charge in [-0.1, -0.05) is 164 Å². The average Bonchev–Trinajstić information content (AvgIpc) is 3.85.